The summed E-state index contributed by atoms with van der Waals surface area (Å²) >= 11 is 1.15. The van der Waals surface area contributed by atoms with Crippen LogP contribution in [0.25, 0.3) is 0 Å². The molecule has 2 atom stereocenters. The molecule has 0 saturated heterocycles. The Morgan fingerprint density at radius 1 is 1.00 bits per heavy atom. The van der Waals surface area contributed by atoms with Gasteiger partial charge in [-0.15, -0.1) is 0 Å². The van der Waals surface area contributed by atoms with Gasteiger partial charge in [0.05, 0.1) is 19.8 Å². The smallest absolute Gasteiger partial charge is 0.220 e. The van der Waals surface area contributed by atoms with Gasteiger partial charge in [0.25, 0.3) is 0 Å². The molecule has 25 heavy (non-hydrogen) atoms. The first kappa shape index (κ1) is 19.7. The van der Waals surface area contributed by atoms with E-state index in [1.807, 2.05) is 67.6 Å². The number of benzene rings is 2. The van der Waals surface area contributed by atoms with Gasteiger partial charge in [-0.1, -0.05) is 79.3 Å². The first-order valence-electron chi connectivity index (χ1n) is 8.32. The van der Waals surface area contributed by atoms with Crippen molar-refractivity contribution >= 4 is 16.9 Å². The maximum Gasteiger partial charge on any atom is 0.220 e. The summed E-state index contributed by atoms with van der Waals surface area (Å²) in [4.78, 5) is 12.3. The second-order valence-corrected chi connectivity index (χ2v) is 6.81. The lowest BCUT2D eigenvalue weighted by molar-refractivity contribution is -0.135. The van der Waals surface area contributed by atoms with E-state index in [2.05, 4.69) is 0 Å². The van der Waals surface area contributed by atoms with Gasteiger partial charge in [-0.2, -0.15) is 0 Å². The van der Waals surface area contributed by atoms with Crippen LogP contribution in [0.1, 0.15) is 18.1 Å². The average molecular weight is 360 g/mol. The van der Waals surface area contributed by atoms with Crippen molar-refractivity contribution in [2.45, 2.75) is 32.3 Å². The molecule has 0 aliphatic heterocycles. The predicted octanol–water partition coefficient (Wildman–Crippen LogP) is 3.43. The Morgan fingerprint density at radius 3 is 2.12 bits per heavy atom. The highest BCUT2D eigenvalue weighted by molar-refractivity contribution is 8.13. The van der Waals surface area contributed by atoms with Crippen LogP contribution in [0.5, 0.6) is 0 Å². The van der Waals surface area contributed by atoms with E-state index >= 15 is 0 Å². The summed E-state index contributed by atoms with van der Waals surface area (Å²) in [7, 11) is 0. The van der Waals surface area contributed by atoms with Gasteiger partial charge in [-0.3, -0.25) is 4.79 Å². The molecule has 0 spiro atoms. The number of carbonyl (C=O) groups is 1. The van der Waals surface area contributed by atoms with Gasteiger partial charge in [0.15, 0.2) is 6.10 Å². The van der Waals surface area contributed by atoms with Crippen molar-refractivity contribution in [3.8, 4) is 0 Å². The first-order chi connectivity index (χ1) is 12.2. The predicted molar refractivity (Wildman–Crippen MR) is 100 cm³/mol. The highest BCUT2D eigenvalue weighted by atomic mass is 32.2. The number of ether oxygens (including phenoxy) is 2. The van der Waals surface area contributed by atoms with E-state index in [9.17, 15) is 9.90 Å². The molecule has 2 aromatic carbocycles. The Kier molecular flexibility index (Phi) is 8.69. The summed E-state index contributed by atoms with van der Waals surface area (Å²) in [6.07, 6.45) is -1.90. The molecule has 0 aliphatic rings. The zero-order valence-electron chi connectivity index (χ0n) is 14.3. The van der Waals surface area contributed by atoms with Crippen LogP contribution >= 0.6 is 11.8 Å². The number of hydrogen-bond donors (Lipinski definition) is 1. The zero-order valence-corrected chi connectivity index (χ0v) is 15.2. The molecule has 0 amide bonds. The van der Waals surface area contributed by atoms with E-state index in [1.165, 1.54) is 0 Å². The van der Waals surface area contributed by atoms with Crippen LogP contribution < -0.4 is 0 Å². The standard InChI is InChI=1S/C20H24O4S/c1-2-25-20(22)19(24-14-17-11-7-4-8-12-17)18(21)15-23-13-16-9-5-3-6-10-16/h3-12,18-19,21H,2,13-15H2,1H3/t18-,19+/m0/s1. The second-order valence-electron chi connectivity index (χ2n) is 5.54. The quantitative estimate of drug-likeness (QED) is 0.703. The van der Waals surface area contributed by atoms with E-state index in [4.69, 9.17) is 9.47 Å². The lowest BCUT2D eigenvalue weighted by atomic mass is 10.2. The molecule has 0 radical (unpaired) electrons. The largest absolute Gasteiger partial charge is 0.387 e. The van der Waals surface area contributed by atoms with E-state index in [-0.39, 0.29) is 18.3 Å². The second kappa shape index (κ2) is 11.1. The minimum atomic E-state index is -1.00. The van der Waals surface area contributed by atoms with Crippen molar-refractivity contribution in [3.63, 3.8) is 0 Å². The minimum Gasteiger partial charge on any atom is -0.387 e. The van der Waals surface area contributed by atoms with Crippen LogP contribution in [-0.4, -0.2) is 34.8 Å². The van der Waals surface area contributed by atoms with Crippen molar-refractivity contribution in [1.29, 1.82) is 0 Å². The molecule has 2 aromatic rings. The first-order valence-corrected chi connectivity index (χ1v) is 9.31. The summed E-state index contributed by atoms with van der Waals surface area (Å²) < 4.78 is 11.3. The summed E-state index contributed by atoms with van der Waals surface area (Å²) in [6, 6.07) is 19.3. The summed E-state index contributed by atoms with van der Waals surface area (Å²) in [5.74, 6) is 0.640. The molecule has 134 valence electrons. The molecule has 0 saturated carbocycles. The van der Waals surface area contributed by atoms with Crippen molar-refractivity contribution in [2.24, 2.45) is 0 Å². The number of hydrogen-bond acceptors (Lipinski definition) is 5. The fraction of sp³-hybridized carbons (Fsp3) is 0.350. The van der Waals surface area contributed by atoms with Gasteiger partial charge < -0.3 is 14.6 Å². The third kappa shape index (κ3) is 7.00. The van der Waals surface area contributed by atoms with E-state index in [0.717, 1.165) is 22.9 Å². The Morgan fingerprint density at radius 2 is 1.56 bits per heavy atom. The van der Waals surface area contributed by atoms with Gasteiger partial charge in [0.1, 0.15) is 6.10 Å². The fourth-order valence-electron chi connectivity index (χ4n) is 2.28. The zero-order chi connectivity index (χ0) is 17.9. The van der Waals surface area contributed by atoms with E-state index in [1.54, 1.807) is 0 Å². The van der Waals surface area contributed by atoms with Crippen LogP contribution in [0, 0.1) is 0 Å². The number of aliphatic hydroxyl groups is 1. The normalized spacial score (nSPS) is 13.4. The van der Waals surface area contributed by atoms with Gasteiger partial charge in [0.2, 0.25) is 5.12 Å². The summed E-state index contributed by atoms with van der Waals surface area (Å²) in [5.41, 5.74) is 1.98. The number of thioether (sulfide) groups is 1. The van der Waals surface area contributed by atoms with Gasteiger partial charge in [-0.25, -0.2) is 0 Å². The maximum absolute atomic E-state index is 12.3. The molecule has 5 heteroatoms. The van der Waals surface area contributed by atoms with Crippen molar-refractivity contribution < 1.29 is 19.4 Å². The van der Waals surface area contributed by atoms with Crippen molar-refractivity contribution in [3.05, 3.63) is 71.8 Å². The van der Waals surface area contributed by atoms with Gasteiger partial charge in [-0.05, 0) is 16.9 Å². The van der Waals surface area contributed by atoms with Crippen LogP contribution in [0.3, 0.4) is 0 Å². The molecule has 0 aromatic heterocycles. The lowest BCUT2D eigenvalue weighted by Gasteiger charge is -2.22. The fourth-order valence-corrected chi connectivity index (χ4v) is 2.95. The Labute approximate surface area is 153 Å². The van der Waals surface area contributed by atoms with E-state index < -0.39 is 12.2 Å². The molecule has 2 rings (SSSR count). The molecular formula is C20H24O4S. The monoisotopic (exact) mass is 360 g/mol. The van der Waals surface area contributed by atoms with Crippen LogP contribution in [-0.2, 0) is 27.5 Å². The third-order valence-corrected chi connectivity index (χ3v) is 4.35. The highest BCUT2D eigenvalue weighted by Gasteiger charge is 2.28. The molecule has 0 fully saturated rings. The maximum atomic E-state index is 12.3. The molecule has 1 N–H and O–H groups in total. The van der Waals surface area contributed by atoms with Crippen LogP contribution in [0.15, 0.2) is 60.7 Å². The average Bonchev–Trinajstić information content (AvgIpc) is 2.64. The van der Waals surface area contributed by atoms with Gasteiger partial charge >= 0.3 is 0 Å². The summed E-state index contributed by atoms with van der Waals surface area (Å²) in [5, 5.41) is 10.2. The van der Waals surface area contributed by atoms with E-state index in [0.29, 0.717) is 12.4 Å². The molecule has 4 nitrogen and oxygen atoms in total. The Hall–Kier alpha value is -1.66. The SMILES string of the molecule is CCSC(=O)[C@H](OCc1ccccc1)[C@@H](O)COCc1ccccc1. The lowest BCUT2D eigenvalue weighted by Crippen LogP contribution is -2.38. The number of carbonyl (C=O) groups excluding carboxylic acids is 1. The Balaban J connectivity index is 1.88. The number of rotatable bonds is 10. The topological polar surface area (TPSA) is 55.8 Å². The summed E-state index contributed by atoms with van der Waals surface area (Å²) in [6.45, 7) is 2.61. The Bertz CT molecular complexity index is 618. The van der Waals surface area contributed by atoms with Crippen LogP contribution in [0.4, 0.5) is 0 Å². The molecular weight excluding hydrogens is 336 g/mol. The minimum absolute atomic E-state index is 0.0460. The molecule has 0 bridgehead atoms. The molecule has 0 aliphatic carbocycles. The molecule has 0 heterocycles. The highest BCUT2D eigenvalue weighted by Crippen LogP contribution is 2.15. The van der Waals surface area contributed by atoms with Crippen molar-refractivity contribution in [1.82, 2.24) is 0 Å². The third-order valence-electron chi connectivity index (χ3n) is 3.54. The van der Waals surface area contributed by atoms with Crippen LogP contribution in [0.2, 0.25) is 0 Å². The number of aliphatic hydroxyl groups excluding tert-OH is 1. The van der Waals surface area contributed by atoms with Gasteiger partial charge in [0, 0.05) is 0 Å². The molecule has 0 unspecified atom stereocenters. The van der Waals surface area contributed by atoms with Crippen molar-refractivity contribution in [2.75, 3.05) is 12.4 Å².